The summed E-state index contributed by atoms with van der Waals surface area (Å²) in [6.45, 7) is 4.13. The van der Waals surface area contributed by atoms with Crippen molar-refractivity contribution >= 4 is 5.69 Å². The summed E-state index contributed by atoms with van der Waals surface area (Å²) in [5, 5.41) is 13.5. The second-order valence-electron chi connectivity index (χ2n) is 10.5. The molecule has 6 nitrogen and oxygen atoms in total. The van der Waals surface area contributed by atoms with Crippen molar-refractivity contribution < 1.29 is 19.3 Å². The number of fused-ring (bicyclic) bond motifs is 1. The minimum atomic E-state index is 0.362. The number of nitrogens with one attached hydrogen (secondary N) is 1. The van der Waals surface area contributed by atoms with E-state index in [2.05, 4.69) is 65.8 Å². The maximum atomic E-state index is 9.83. The predicted molar refractivity (Wildman–Crippen MR) is 159 cm³/mol. The molecule has 6 heteroatoms. The minimum Gasteiger partial charge on any atom is -0.508 e. The van der Waals surface area contributed by atoms with Crippen LogP contribution in [0.1, 0.15) is 47.4 Å². The Hall–Kier alpha value is -3.22. The van der Waals surface area contributed by atoms with Crippen LogP contribution in [0.4, 0.5) is 5.69 Å². The number of phenols is 1. The lowest BCUT2D eigenvalue weighted by Gasteiger charge is -2.27. The number of likely N-dealkylation sites (N-methyl/N-ethyl adjacent to an activating group) is 1. The molecule has 1 aliphatic rings. The molecule has 0 aromatic heterocycles. The Morgan fingerprint density at radius 1 is 0.897 bits per heavy atom. The van der Waals surface area contributed by atoms with Crippen LogP contribution < -0.4 is 14.8 Å². The van der Waals surface area contributed by atoms with E-state index in [0.29, 0.717) is 18.3 Å². The van der Waals surface area contributed by atoms with E-state index in [9.17, 15) is 5.11 Å². The number of rotatable bonds is 15. The molecule has 1 atom stereocenters. The average Bonchev–Trinajstić information content (AvgIpc) is 2.96. The van der Waals surface area contributed by atoms with Gasteiger partial charge in [0, 0.05) is 38.5 Å². The molecule has 0 saturated carbocycles. The third kappa shape index (κ3) is 8.64. The van der Waals surface area contributed by atoms with E-state index < -0.39 is 0 Å². The van der Waals surface area contributed by atoms with E-state index in [1.807, 2.05) is 6.07 Å². The van der Waals surface area contributed by atoms with Crippen LogP contribution >= 0.6 is 0 Å². The molecule has 0 heterocycles. The maximum Gasteiger partial charge on any atom is 0.120 e. The normalized spacial score (nSPS) is 14.7. The molecule has 0 amide bonds. The largest absolute Gasteiger partial charge is 0.508 e. The molecule has 210 valence electrons. The van der Waals surface area contributed by atoms with Gasteiger partial charge in [0.1, 0.15) is 23.9 Å². The topological polar surface area (TPSA) is 63.2 Å². The van der Waals surface area contributed by atoms with Gasteiger partial charge >= 0.3 is 0 Å². The van der Waals surface area contributed by atoms with E-state index >= 15 is 0 Å². The van der Waals surface area contributed by atoms with E-state index in [0.717, 1.165) is 76.3 Å². The fraction of sp³-hybridized carbons (Fsp3) is 0.455. The molecule has 0 radical (unpaired) electrons. The Labute approximate surface area is 233 Å². The number of methoxy groups -OCH3 is 2. The van der Waals surface area contributed by atoms with Gasteiger partial charge in [0.25, 0.3) is 0 Å². The van der Waals surface area contributed by atoms with Gasteiger partial charge in [0.05, 0.1) is 13.7 Å². The Morgan fingerprint density at radius 3 is 2.49 bits per heavy atom. The first kappa shape index (κ1) is 28.8. The van der Waals surface area contributed by atoms with E-state index in [4.69, 9.17) is 14.2 Å². The van der Waals surface area contributed by atoms with E-state index in [1.54, 1.807) is 20.3 Å². The summed E-state index contributed by atoms with van der Waals surface area (Å²) in [6.07, 6.45) is 6.35. The second kappa shape index (κ2) is 14.8. The summed E-state index contributed by atoms with van der Waals surface area (Å²) in [6, 6.07) is 20.7. The number of benzene rings is 3. The lowest BCUT2D eigenvalue weighted by molar-refractivity contribution is 0.150. The average molecular weight is 533 g/mol. The quantitative estimate of drug-likeness (QED) is 0.232. The highest BCUT2D eigenvalue weighted by Crippen LogP contribution is 2.38. The molecule has 0 bridgehead atoms. The molecule has 0 aliphatic heterocycles. The number of aromatic hydroxyl groups is 1. The highest BCUT2D eigenvalue weighted by atomic mass is 16.5. The van der Waals surface area contributed by atoms with Crippen LogP contribution in [0, 0.1) is 0 Å². The molecular weight excluding hydrogens is 488 g/mol. The monoisotopic (exact) mass is 532 g/mol. The molecular formula is C33H44N2O4. The summed E-state index contributed by atoms with van der Waals surface area (Å²) in [5.41, 5.74) is 6.50. The summed E-state index contributed by atoms with van der Waals surface area (Å²) < 4.78 is 16.5. The molecule has 3 aromatic carbocycles. The number of nitrogens with zero attached hydrogens (tertiary/aromatic N) is 1. The van der Waals surface area contributed by atoms with Crippen LogP contribution in [0.5, 0.6) is 17.2 Å². The molecule has 3 aromatic rings. The first-order chi connectivity index (χ1) is 19.1. The number of anilines is 1. The zero-order chi connectivity index (χ0) is 27.5. The molecule has 1 aliphatic carbocycles. The van der Waals surface area contributed by atoms with Gasteiger partial charge in [0.2, 0.25) is 0 Å². The predicted octanol–water partition coefficient (Wildman–Crippen LogP) is 6.07. The van der Waals surface area contributed by atoms with Gasteiger partial charge in [-0.3, -0.25) is 0 Å². The lowest BCUT2D eigenvalue weighted by Crippen LogP contribution is -2.27. The van der Waals surface area contributed by atoms with Crippen LogP contribution in [0.25, 0.3) is 0 Å². The van der Waals surface area contributed by atoms with Crippen LogP contribution in [0.3, 0.4) is 0 Å². The number of hydrogen-bond donors (Lipinski definition) is 2. The first-order valence-corrected chi connectivity index (χ1v) is 14.2. The number of phenolic OH excluding ortho intramolecular Hbond substituents is 1. The molecule has 0 fully saturated rings. The fourth-order valence-corrected chi connectivity index (χ4v) is 5.29. The van der Waals surface area contributed by atoms with Crippen molar-refractivity contribution in [3.63, 3.8) is 0 Å². The summed E-state index contributed by atoms with van der Waals surface area (Å²) >= 11 is 0. The van der Waals surface area contributed by atoms with Gasteiger partial charge in [-0.15, -0.1) is 0 Å². The van der Waals surface area contributed by atoms with E-state index in [-0.39, 0.29) is 0 Å². The second-order valence-corrected chi connectivity index (χ2v) is 10.5. The lowest BCUT2D eigenvalue weighted by atomic mass is 9.79. The summed E-state index contributed by atoms with van der Waals surface area (Å²) in [7, 11) is 5.53. The molecule has 39 heavy (non-hydrogen) atoms. The number of hydrogen-bond acceptors (Lipinski definition) is 6. The SMILES string of the molecule is COCCN(C)CCOc1ccc(CCCCNc2cc(OC)ccc2C2CCc3cc(O)ccc3C2)cc1. The molecule has 4 rings (SSSR count). The van der Waals surface area contributed by atoms with Crippen LogP contribution in [0.2, 0.25) is 0 Å². The third-order valence-corrected chi connectivity index (χ3v) is 7.67. The summed E-state index contributed by atoms with van der Waals surface area (Å²) in [4.78, 5) is 2.21. The minimum absolute atomic E-state index is 0.362. The Morgan fingerprint density at radius 2 is 1.69 bits per heavy atom. The van der Waals surface area contributed by atoms with Gasteiger partial charge in [-0.1, -0.05) is 24.3 Å². The highest BCUT2D eigenvalue weighted by molar-refractivity contribution is 5.57. The zero-order valence-electron chi connectivity index (χ0n) is 23.7. The van der Waals surface area contributed by atoms with Gasteiger partial charge in [-0.2, -0.15) is 0 Å². The first-order valence-electron chi connectivity index (χ1n) is 14.2. The summed E-state index contributed by atoms with van der Waals surface area (Å²) in [5.74, 6) is 2.63. The van der Waals surface area contributed by atoms with E-state index in [1.165, 1.54) is 27.9 Å². The third-order valence-electron chi connectivity index (χ3n) is 7.67. The van der Waals surface area contributed by atoms with Gasteiger partial charge < -0.3 is 29.5 Å². The van der Waals surface area contributed by atoms with Crippen molar-refractivity contribution in [1.29, 1.82) is 0 Å². The van der Waals surface area contributed by atoms with Crippen molar-refractivity contribution in [2.24, 2.45) is 0 Å². The van der Waals surface area contributed by atoms with Crippen molar-refractivity contribution in [3.05, 3.63) is 82.9 Å². The van der Waals surface area contributed by atoms with Crippen LogP contribution in [0.15, 0.2) is 60.7 Å². The van der Waals surface area contributed by atoms with Crippen molar-refractivity contribution in [2.75, 3.05) is 59.4 Å². The van der Waals surface area contributed by atoms with Gasteiger partial charge in [0.15, 0.2) is 0 Å². The van der Waals surface area contributed by atoms with Crippen molar-refractivity contribution in [2.45, 2.75) is 44.4 Å². The van der Waals surface area contributed by atoms with Gasteiger partial charge in [-0.05, 0) is 104 Å². The number of aryl methyl sites for hydroxylation is 2. The van der Waals surface area contributed by atoms with Crippen LogP contribution in [-0.4, -0.2) is 64.1 Å². The van der Waals surface area contributed by atoms with Crippen LogP contribution in [-0.2, 0) is 24.0 Å². The zero-order valence-corrected chi connectivity index (χ0v) is 23.7. The fourth-order valence-electron chi connectivity index (χ4n) is 5.29. The number of unbranched alkanes of at least 4 members (excludes halogenated alkanes) is 1. The Bertz CT molecular complexity index is 1160. The Balaban J connectivity index is 1.23. The molecule has 2 N–H and O–H groups in total. The van der Waals surface area contributed by atoms with Crippen molar-refractivity contribution in [1.82, 2.24) is 4.90 Å². The highest BCUT2D eigenvalue weighted by Gasteiger charge is 2.23. The maximum absolute atomic E-state index is 9.83. The number of ether oxygens (including phenoxy) is 3. The van der Waals surface area contributed by atoms with Crippen molar-refractivity contribution in [3.8, 4) is 17.2 Å². The standard InChI is InChI=1S/C33H44N2O4/c1-35(18-20-37-2)19-21-39-30-13-7-25(8-14-30)6-4-5-17-34-33-24-31(38-3)15-16-32(33)28-10-9-27-23-29(36)12-11-26(27)22-28/h7-8,11-16,23-24,28,34,36H,4-6,9-10,17-22H2,1-3H3. The smallest absolute Gasteiger partial charge is 0.120 e. The molecule has 1 unspecified atom stereocenters. The molecule has 0 saturated heterocycles. The Kier molecular flexibility index (Phi) is 10.9. The molecule has 0 spiro atoms. The van der Waals surface area contributed by atoms with Gasteiger partial charge in [-0.25, -0.2) is 0 Å².